The predicted molar refractivity (Wildman–Crippen MR) is 87.9 cm³/mol. The molecule has 3 heterocycles. The first-order valence-corrected chi connectivity index (χ1v) is 7.90. The number of H-pyrrole nitrogens is 1. The van der Waals surface area contributed by atoms with Gasteiger partial charge in [0.25, 0.3) is 0 Å². The molecule has 0 atom stereocenters. The summed E-state index contributed by atoms with van der Waals surface area (Å²) in [6, 6.07) is 5.61. The summed E-state index contributed by atoms with van der Waals surface area (Å²) < 4.78 is 6.99. The molecule has 0 saturated carbocycles. The number of aryl methyl sites for hydroxylation is 1. The van der Waals surface area contributed by atoms with Crippen molar-refractivity contribution in [1.82, 2.24) is 30.2 Å². The number of pyridine rings is 1. The normalized spacial score (nSPS) is 10.7. The second kappa shape index (κ2) is 8.04. The minimum absolute atomic E-state index is 0.169. The van der Waals surface area contributed by atoms with Crippen LogP contribution in [0.25, 0.3) is 11.4 Å². The van der Waals surface area contributed by atoms with E-state index in [2.05, 4.69) is 25.5 Å². The molecule has 3 aromatic heterocycles. The van der Waals surface area contributed by atoms with Gasteiger partial charge >= 0.3 is 5.97 Å². The summed E-state index contributed by atoms with van der Waals surface area (Å²) in [7, 11) is 0. The lowest BCUT2D eigenvalue weighted by Gasteiger charge is -2.05. The van der Waals surface area contributed by atoms with Crippen molar-refractivity contribution in [3.8, 4) is 17.1 Å². The highest BCUT2D eigenvalue weighted by Gasteiger charge is 2.05. The van der Waals surface area contributed by atoms with E-state index in [-0.39, 0.29) is 6.54 Å². The van der Waals surface area contributed by atoms with Gasteiger partial charge in [-0.05, 0) is 37.5 Å². The van der Waals surface area contributed by atoms with Crippen molar-refractivity contribution in [2.24, 2.45) is 0 Å². The maximum atomic E-state index is 10.6. The molecule has 9 heteroatoms. The summed E-state index contributed by atoms with van der Waals surface area (Å²) in [5.74, 6) is -0.215. The van der Waals surface area contributed by atoms with Gasteiger partial charge in [-0.25, -0.2) is 4.68 Å². The number of rotatable bonds is 9. The monoisotopic (exact) mass is 342 g/mol. The number of aliphatic carboxylic acids is 1. The van der Waals surface area contributed by atoms with Crippen LogP contribution in [0.2, 0.25) is 0 Å². The smallest absolute Gasteiger partial charge is 0.325 e. The molecule has 0 aliphatic rings. The molecule has 0 fully saturated rings. The standard InChI is InChI=1S/C16H18N6O3/c23-16(24)11-22-10-12(19-21-22)3-1-2-8-25-13-4-5-14(17-9-13)15-6-7-18-20-15/h4-7,9-10H,1-3,8,11H2,(H,18,20)(H,23,24). The molecule has 0 radical (unpaired) electrons. The average Bonchev–Trinajstić information content (AvgIpc) is 3.27. The first-order chi connectivity index (χ1) is 12.2. The van der Waals surface area contributed by atoms with Gasteiger partial charge in [0.2, 0.25) is 0 Å². The highest BCUT2D eigenvalue weighted by atomic mass is 16.5. The van der Waals surface area contributed by atoms with Crippen LogP contribution in [0.5, 0.6) is 5.75 Å². The number of aromatic nitrogens is 6. The van der Waals surface area contributed by atoms with E-state index in [9.17, 15) is 4.79 Å². The van der Waals surface area contributed by atoms with Gasteiger partial charge in [-0.2, -0.15) is 5.10 Å². The second-order valence-electron chi connectivity index (χ2n) is 5.46. The summed E-state index contributed by atoms with van der Waals surface area (Å²) in [5.41, 5.74) is 2.46. The van der Waals surface area contributed by atoms with E-state index in [1.807, 2.05) is 18.2 Å². The highest BCUT2D eigenvalue weighted by molar-refractivity contribution is 5.66. The van der Waals surface area contributed by atoms with E-state index in [0.29, 0.717) is 6.61 Å². The number of carboxylic acid groups (broad SMARTS) is 1. The Morgan fingerprint density at radius 2 is 2.20 bits per heavy atom. The number of carbonyl (C=O) groups is 1. The van der Waals surface area contributed by atoms with Gasteiger partial charge in [-0.3, -0.25) is 14.9 Å². The third-order valence-electron chi connectivity index (χ3n) is 3.49. The van der Waals surface area contributed by atoms with Gasteiger partial charge in [-0.15, -0.1) is 5.10 Å². The lowest BCUT2D eigenvalue weighted by atomic mass is 10.2. The first-order valence-electron chi connectivity index (χ1n) is 7.90. The number of hydrogen-bond donors (Lipinski definition) is 2. The molecule has 0 spiro atoms. The van der Waals surface area contributed by atoms with Crippen LogP contribution in [0.3, 0.4) is 0 Å². The molecule has 3 aromatic rings. The van der Waals surface area contributed by atoms with E-state index in [0.717, 1.165) is 42.1 Å². The van der Waals surface area contributed by atoms with Crippen LogP contribution < -0.4 is 4.74 Å². The lowest BCUT2D eigenvalue weighted by molar-refractivity contribution is -0.137. The number of unbranched alkanes of at least 4 members (excludes halogenated alkanes) is 1. The molecule has 0 amide bonds. The molecule has 0 aromatic carbocycles. The maximum Gasteiger partial charge on any atom is 0.325 e. The van der Waals surface area contributed by atoms with Gasteiger partial charge < -0.3 is 9.84 Å². The molecular weight excluding hydrogens is 324 g/mol. The van der Waals surface area contributed by atoms with Crippen molar-refractivity contribution in [3.05, 3.63) is 42.5 Å². The Labute approximate surface area is 143 Å². The molecule has 130 valence electrons. The number of carboxylic acids is 1. The van der Waals surface area contributed by atoms with Crippen LogP contribution >= 0.6 is 0 Å². The Morgan fingerprint density at radius 3 is 2.92 bits per heavy atom. The molecule has 3 rings (SSSR count). The van der Waals surface area contributed by atoms with Gasteiger partial charge in [-0.1, -0.05) is 5.21 Å². The average molecular weight is 342 g/mol. The number of aromatic amines is 1. The Balaban J connectivity index is 1.37. The largest absolute Gasteiger partial charge is 0.492 e. The molecule has 0 unspecified atom stereocenters. The SMILES string of the molecule is O=C(O)Cn1cc(CCCCOc2ccc(-c3ccn[nH]3)nc2)nn1. The van der Waals surface area contributed by atoms with Crippen molar-refractivity contribution in [3.63, 3.8) is 0 Å². The van der Waals surface area contributed by atoms with Crippen LogP contribution in [0.15, 0.2) is 36.8 Å². The molecule has 0 aliphatic heterocycles. The topological polar surface area (TPSA) is 119 Å². The zero-order valence-corrected chi connectivity index (χ0v) is 13.5. The van der Waals surface area contributed by atoms with E-state index in [1.54, 1.807) is 18.6 Å². The van der Waals surface area contributed by atoms with Crippen molar-refractivity contribution < 1.29 is 14.6 Å². The van der Waals surface area contributed by atoms with Crippen LogP contribution in [0.4, 0.5) is 0 Å². The fourth-order valence-electron chi connectivity index (χ4n) is 2.29. The second-order valence-corrected chi connectivity index (χ2v) is 5.46. The number of hydrogen-bond acceptors (Lipinski definition) is 6. The number of nitrogens with zero attached hydrogens (tertiary/aromatic N) is 5. The summed E-state index contributed by atoms with van der Waals surface area (Å²) >= 11 is 0. The molecule has 0 saturated heterocycles. The van der Waals surface area contributed by atoms with E-state index < -0.39 is 5.97 Å². The van der Waals surface area contributed by atoms with Crippen LogP contribution in [0, 0.1) is 0 Å². The minimum atomic E-state index is -0.933. The number of ether oxygens (including phenoxy) is 1. The fraction of sp³-hybridized carbons (Fsp3) is 0.312. The van der Waals surface area contributed by atoms with Gasteiger partial charge in [0, 0.05) is 12.4 Å². The Hall–Kier alpha value is -3.23. The molecule has 25 heavy (non-hydrogen) atoms. The third-order valence-corrected chi connectivity index (χ3v) is 3.49. The fourth-order valence-corrected chi connectivity index (χ4v) is 2.29. The van der Waals surface area contributed by atoms with Crippen LogP contribution in [-0.4, -0.2) is 47.9 Å². The maximum absolute atomic E-state index is 10.6. The van der Waals surface area contributed by atoms with E-state index in [4.69, 9.17) is 9.84 Å². The van der Waals surface area contributed by atoms with E-state index >= 15 is 0 Å². The predicted octanol–water partition coefficient (Wildman–Crippen LogP) is 1.55. The Kier molecular flexibility index (Phi) is 5.35. The van der Waals surface area contributed by atoms with E-state index in [1.165, 1.54) is 4.68 Å². The first kappa shape index (κ1) is 16.6. The van der Waals surface area contributed by atoms with Gasteiger partial charge in [0.1, 0.15) is 12.3 Å². The van der Waals surface area contributed by atoms with Gasteiger partial charge in [0.05, 0.1) is 29.9 Å². The quantitative estimate of drug-likeness (QED) is 0.566. The summed E-state index contributed by atoms with van der Waals surface area (Å²) in [5, 5.41) is 23.2. The summed E-state index contributed by atoms with van der Waals surface area (Å²) in [4.78, 5) is 14.9. The lowest BCUT2D eigenvalue weighted by Crippen LogP contribution is -2.08. The molecule has 0 bridgehead atoms. The van der Waals surface area contributed by atoms with Crippen molar-refractivity contribution in [2.75, 3.05) is 6.61 Å². The zero-order chi connectivity index (χ0) is 17.5. The van der Waals surface area contributed by atoms with Crippen molar-refractivity contribution in [2.45, 2.75) is 25.8 Å². The molecule has 0 aliphatic carbocycles. The van der Waals surface area contributed by atoms with Crippen LogP contribution in [0.1, 0.15) is 18.5 Å². The number of nitrogens with one attached hydrogen (secondary N) is 1. The summed E-state index contributed by atoms with van der Waals surface area (Å²) in [6.07, 6.45) is 7.50. The van der Waals surface area contributed by atoms with Gasteiger partial charge in [0.15, 0.2) is 0 Å². The Bertz CT molecular complexity index is 798. The minimum Gasteiger partial charge on any atom is -0.492 e. The van der Waals surface area contributed by atoms with Crippen LogP contribution in [-0.2, 0) is 17.8 Å². The van der Waals surface area contributed by atoms with Crippen molar-refractivity contribution in [1.29, 1.82) is 0 Å². The van der Waals surface area contributed by atoms with Crippen molar-refractivity contribution >= 4 is 5.97 Å². The summed E-state index contributed by atoms with van der Waals surface area (Å²) in [6.45, 7) is 0.409. The third kappa shape index (κ3) is 4.87. The molecule has 2 N–H and O–H groups in total. The zero-order valence-electron chi connectivity index (χ0n) is 13.5. The Morgan fingerprint density at radius 1 is 1.28 bits per heavy atom. The molecular formula is C16H18N6O3. The molecule has 9 nitrogen and oxygen atoms in total. The highest BCUT2D eigenvalue weighted by Crippen LogP contribution is 2.17.